The molecule has 80 valence electrons. The summed E-state index contributed by atoms with van der Waals surface area (Å²) in [4.78, 5) is 0. The lowest BCUT2D eigenvalue weighted by Crippen LogP contribution is -2.17. The van der Waals surface area contributed by atoms with Crippen molar-refractivity contribution in [2.75, 3.05) is 0 Å². The molecule has 0 spiro atoms. The lowest BCUT2D eigenvalue weighted by atomic mass is 9.88. The number of hydrogen-bond acceptors (Lipinski definition) is 2. The van der Waals surface area contributed by atoms with Crippen LogP contribution in [-0.2, 0) is 12.5 Å². The molecule has 0 unspecified atom stereocenters. The molecule has 15 heavy (non-hydrogen) atoms. The van der Waals surface area contributed by atoms with E-state index < -0.39 is 0 Å². The third-order valence-electron chi connectivity index (χ3n) is 2.44. The van der Waals surface area contributed by atoms with E-state index in [-0.39, 0.29) is 5.41 Å². The Balaban J connectivity index is 2.59. The van der Waals surface area contributed by atoms with Crippen molar-refractivity contribution in [3.8, 4) is 11.3 Å². The number of aryl methyl sites for hydroxylation is 1. The van der Waals surface area contributed by atoms with Gasteiger partial charge in [-0.2, -0.15) is 10.2 Å². The standard InChI is InChI=1S/C11H16N4/c1-11(2,3)10-8(7-13-15(10)4)9-5-6-12-14-9/h5-7H,1-4H3,(H,12,14). The Bertz CT molecular complexity index is 445. The molecule has 0 aromatic carbocycles. The van der Waals surface area contributed by atoms with Crippen LogP contribution in [0, 0.1) is 0 Å². The molecule has 2 rings (SSSR count). The number of nitrogens with one attached hydrogen (secondary N) is 1. The van der Waals surface area contributed by atoms with Gasteiger partial charge >= 0.3 is 0 Å². The Kier molecular flexibility index (Phi) is 2.14. The Hall–Kier alpha value is -1.58. The summed E-state index contributed by atoms with van der Waals surface area (Å²) in [5.41, 5.74) is 3.44. The van der Waals surface area contributed by atoms with Gasteiger partial charge in [0, 0.05) is 24.2 Å². The summed E-state index contributed by atoms with van der Waals surface area (Å²) in [6.07, 6.45) is 3.64. The van der Waals surface area contributed by atoms with Crippen LogP contribution in [0.1, 0.15) is 26.5 Å². The van der Waals surface area contributed by atoms with Gasteiger partial charge in [-0.15, -0.1) is 0 Å². The Labute approximate surface area is 89.3 Å². The average Bonchev–Trinajstić information content (AvgIpc) is 2.68. The summed E-state index contributed by atoms with van der Waals surface area (Å²) >= 11 is 0. The van der Waals surface area contributed by atoms with Crippen LogP contribution in [0.4, 0.5) is 0 Å². The highest BCUT2D eigenvalue weighted by molar-refractivity contribution is 5.62. The van der Waals surface area contributed by atoms with E-state index in [0.717, 1.165) is 11.3 Å². The maximum absolute atomic E-state index is 4.31. The van der Waals surface area contributed by atoms with Gasteiger partial charge in [0.25, 0.3) is 0 Å². The van der Waals surface area contributed by atoms with Gasteiger partial charge < -0.3 is 0 Å². The number of hydrogen-bond donors (Lipinski definition) is 1. The molecule has 0 aliphatic rings. The minimum absolute atomic E-state index is 0.0751. The highest BCUT2D eigenvalue weighted by Gasteiger charge is 2.23. The quantitative estimate of drug-likeness (QED) is 0.773. The van der Waals surface area contributed by atoms with E-state index in [1.807, 2.05) is 24.0 Å². The fraction of sp³-hybridized carbons (Fsp3) is 0.455. The van der Waals surface area contributed by atoms with Gasteiger partial charge in [-0.05, 0) is 6.07 Å². The summed E-state index contributed by atoms with van der Waals surface area (Å²) < 4.78 is 1.93. The van der Waals surface area contributed by atoms with Crippen molar-refractivity contribution in [3.05, 3.63) is 24.2 Å². The van der Waals surface area contributed by atoms with Gasteiger partial charge in [0.15, 0.2) is 0 Å². The van der Waals surface area contributed by atoms with Gasteiger partial charge in [0.05, 0.1) is 17.6 Å². The Morgan fingerprint density at radius 2 is 2.07 bits per heavy atom. The van der Waals surface area contributed by atoms with E-state index in [4.69, 9.17) is 0 Å². The van der Waals surface area contributed by atoms with Crippen LogP contribution in [0.25, 0.3) is 11.3 Å². The number of aromatic nitrogens is 4. The second-order valence-corrected chi connectivity index (χ2v) is 4.75. The molecular weight excluding hydrogens is 188 g/mol. The summed E-state index contributed by atoms with van der Waals surface area (Å²) in [5, 5.41) is 11.3. The zero-order valence-corrected chi connectivity index (χ0v) is 9.57. The molecule has 0 atom stereocenters. The number of H-pyrrole nitrogens is 1. The zero-order chi connectivity index (χ0) is 11.1. The van der Waals surface area contributed by atoms with E-state index in [1.165, 1.54) is 5.69 Å². The minimum Gasteiger partial charge on any atom is -0.278 e. The van der Waals surface area contributed by atoms with Gasteiger partial charge in [-0.25, -0.2) is 0 Å². The van der Waals surface area contributed by atoms with Crippen LogP contribution >= 0.6 is 0 Å². The molecule has 0 aliphatic carbocycles. The van der Waals surface area contributed by atoms with E-state index in [1.54, 1.807) is 6.20 Å². The van der Waals surface area contributed by atoms with Crippen molar-refractivity contribution in [1.82, 2.24) is 20.0 Å². The van der Waals surface area contributed by atoms with Gasteiger partial charge in [0.1, 0.15) is 0 Å². The van der Waals surface area contributed by atoms with Crippen molar-refractivity contribution < 1.29 is 0 Å². The number of nitrogens with zero attached hydrogens (tertiary/aromatic N) is 3. The largest absolute Gasteiger partial charge is 0.278 e. The highest BCUT2D eigenvalue weighted by atomic mass is 15.3. The molecule has 0 saturated heterocycles. The van der Waals surface area contributed by atoms with E-state index in [9.17, 15) is 0 Å². The molecule has 0 saturated carbocycles. The zero-order valence-electron chi connectivity index (χ0n) is 9.57. The minimum atomic E-state index is 0.0751. The van der Waals surface area contributed by atoms with Gasteiger partial charge in [0.2, 0.25) is 0 Å². The van der Waals surface area contributed by atoms with Crippen LogP contribution in [-0.4, -0.2) is 20.0 Å². The molecule has 2 aromatic rings. The predicted octanol–water partition coefficient (Wildman–Crippen LogP) is 2.11. The molecule has 4 nitrogen and oxygen atoms in total. The second-order valence-electron chi connectivity index (χ2n) is 4.75. The van der Waals surface area contributed by atoms with Crippen molar-refractivity contribution in [1.29, 1.82) is 0 Å². The predicted molar refractivity (Wildman–Crippen MR) is 59.5 cm³/mol. The molecule has 2 aromatic heterocycles. The first-order chi connectivity index (χ1) is 7.00. The maximum atomic E-state index is 4.31. The highest BCUT2D eigenvalue weighted by Crippen LogP contribution is 2.31. The topological polar surface area (TPSA) is 46.5 Å². The maximum Gasteiger partial charge on any atom is 0.0684 e. The van der Waals surface area contributed by atoms with Crippen LogP contribution in [0.5, 0.6) is 0 Å². The lowest BCUT2D eigenvalue weighted by Gasteiger charge is -2.20. The third kappa shape index (κ3) is 1.67. The van der Waals surface area contributed by atoms with Crippen LogP contribution in [0.2, 0.25) is 0 Å². The number of rotatable bonds is 1. The Morgan fingerprint density at radius 1 is 1.33 bits per heavy atom. The summed E-state index contributed by atoms with van der Waals surface area (Å²) in [7, 11) is 1.97. The van der Waals surface area contributed by atoms with Crippen molar-refractivity contribution in [2.24, 2.45) is 7.05 Å². The average molecular weight is 204 g/mol. The summed E-state index contributed by atoms with van der Waals surface area (Å²) in [6.45, 7) is 6.55. The molecule has 0 radical (unpaired) electrons. The first-order valence-electron chi connectivity index (χ1n) is 5.02. The second kappa shape index (κ2) is 3.22. The normalized spacial score (nSPS) is 12.0. The smallest absolute Gasteiger partial charge is 0.0684 e. The van der Waals surface area contributed by atoms with Crippen LogP contribution in [0.15, 0.2) is 18.5 Å². The van der Waals surface area contributed by atoms with Crippen LogP contribution in [0.3, 0.4) is 0 Å². The van der Waals surface area contributed by atoms with Crippen molar-refractivity contribution in [3.63, 3.8) is 0 Å². The molecule has 4 heteroatoms. The number of aromatic amines is 1. The molecule has 0 aliphatic heterocycles. The molecule has 2 heterocycles. The Morgan fingerprint density at radius 3 is 2.60 bits per heavy atom. The monoisotopic (exact) mass is 204 g/mol. The molecule has 0 amide bonds. The molecule has 0 bridgehead atoms. The molecule has 0 fully saturated rings. The van der Waals surface area contributed by atoms with Gasteiger partial charge in [-0.1, -0.05) is 20.8 Å². The van der Waals surface area contributed by atoms with E-state index in [0.29, 0.717) is 0 Å². The van der Waals surface area contributed by atoms with Crippen molar-refractivity contribution >= 4 is 0 Å². The third-order valence-corrected chi connectivity index (χ3v) is 2.44. The lowest BCUT2D eigenvalue weighted by molar-refractivity contribution is 0.524. The first kappa shape index (κ1) is 9.96. The van der Waals surface area contributed by atoms with E-state index >= 15 is 0 Å². The van der Waals surface area contributed by atoms with Crippen LogP contribution < -0.4 is 0 Å². The summed E-state index contributed by atoms with van der Waals surface area (Å²) in [5.74, 6) is 0. The molecule has 1 N–H and O–H groups in total. The van der Waals surface area contributed by atoms with E-state index in [2.05, 4.69) is 36.1 Å². The fourth-order valence-electron chi connectivity index (χ4n) is 1.93. The SMILES string of the molecule is Cn1ncc(-c2ccn[nH]2)c1C(C)(C)C. The summed E-state index contributed by atoms with van der Waals surface area (Å²) in [6, 6.07) is 1.96. The van der Waals surface area contributed by atoms with Crippen molar-refractivity contribution in [2.45, 2.75) is 26.2 Å². The first-order valence-corrected chi connectivity index (χ1v) is 5.02. The fourth-order valence-corrected chi connectivity index (χ4v) is 1.93. The van der Waals surface area contributed by atoms with Gasteiger partial charge in [-0.3, -0.25) is 9.78 Å². The molecular formula is C11H16N4.